The van der Waals surface area contributed by atoms with Gasteiger partial charge in [-0.25, -0.2) is 0 Å². The van der Waals surface area contributed by atoms with E-state index in [-0.39, 0.29) is 0 Å². The van der Waals surface area contributed by atoms with Gasteiger partial charge in [-0.1, -0.05) is 0 Å². The molecule has 0 N–H and O–H groups in total. The lowest BCUT2D eigenvalue weighted by Gasteiger charge is -2.33. The Morgan fingerprint density at radius 3 is 2.50 bits per heavy atom. The second-order valence-corrected chi connectivity index (χ2v) is 4.45. The van der Waals surface area contributed by atoms with Crippen LogP contribution in [0.4, 0.5) is 0 Å². The van der Waals surface area contributed by atoms with Gasteiger partial charge in [0.25, 0.3) is 0 Å². The van der Waals surface area contributed by atoms with Crippen molar-refractivity contribution in [3.63, 3.8) is 0 Å². The highest BCUT2D eigenvalue weighted by molar-refractivity contribution is 4.98. The van der Waals surface area contributed by atoms with Gasteiger partial charge in [-0.3, -0.25) is 4.90 Å². The maximum Gasteiger partial charge on any atom is 0.0627 e. The van der Waals surface area contributed by atoms with E-state index in [1.165, 1.54) is 19.4 Å². The molecule has 1 saturated carbocycles. The molecule has 0 aromatic rings. The van der Waals surface area contributed by atoms with Crippen LogP contribution in [0, 0.1) is 5.92 Å². The lowest BCUT2D eigenvalue weighted by atomic mass is 10.1. The number of hydrogen-bond donors (Lipinski definition) is 0. The fraction of sp³-hybridized carbons (Fsp3) is 1.00. The zero-order valence-corrected chi connectivity index (χ0v) is 8.29. The summed E-state index contributed by atoms with van der Waals surface area (Å²) >= 11 is 0. The zero-order chi connectivity index (χ0) is 8.72. The van der Waals surface area contributed by atoms with Crippen molar-refractivity contribution in [1.82, 2.24) is 4.90 Å². The van der Waals surface area contributed by atoms with E-state index in [1.807, 2.05) is 7.11 Å². The van der Waals surface area contributed by atoms with E-state index in [0.717, 1.165) is 18.0 Å². The van der Waals surface area contributed by atoms with Crippen LogP contribution in [0.5, 0.6) is 0 Å². The number of piperidine rings is 1. The van der Waals surface area contributed by atoms with Crippen molar-refractivity contribution in [3.05, 3.63) is 0 Å². The predicted molar refractivity (Wildman–Crippen MR) is 49.2 cm³/mol. The topological polar surface area (TPSA) is 12.5 Å². The van der Waals surface area contributed by atoms with Gasteiger partial charge in [0.05, 0.1) is 6.10 Å². The first-order valence-electron chi connectivity index (χ1n) is 5.01. The third kappa shape index (κ3) is 1.17. The van der Waals surface area contributed by atoms with Crippen LogP contribution in [0.25, 0.3) is 0 Å². The molecule has 1 aliphatic carbocycles. The first kappa shape index (κ1) is 8.52. The van der Waals surface area contributed by atoms with E-state index in [1.54, 1.807) is 0 Å². The molecule has 0 amide bonds. The van der Waals surface area contributed by atoms with Crippen LogP contribution in [0.1, 0.15) is 26.7 Å². The van der Waals surface area contributed by atoms with Gasteiger partial charge in [0.2, 0.25) is 0 Å². The molecule has 2 fully saturated rings. The highest BCUT2D eigenvalue weighted by atomic mass is 16.5. The maximum atomic E-state index is 5.45. The molecule has 70 valence electrons. The van der Waals surface area contributed by atoms with Crippen LogP contribution in [0.2, 0.25) is 0 Å². The Hall–Kier alpha value is -0.0800. The Morgan fingerprint density at radius 2 is 2.08 bits per heavy atom. The zero-order valence-electron chi connectivity index (χ0n) is 8.29. The number of ether oxygens (including phenoxy) is 1. The average Bonchev–Trinajstić information content (AvgIpc) is 2.60. The van der Waals surface area contributed by atoms with Crippen molar-refractivity contribution in [1.29, 1.82) is 0 Å². The lowest BCUT2D eigenvalue weighted by Crippen LogP contribution is -2.42. The standard InChI is InChI=1S/C10H19NO/c1-7(2)11-6-8-4-9(11)5-10(8)12-3/h7-10H,4-6H2,1-3H3/t8?,9?,10-/m0/s1. The lowest BCUT2D eigenvalue weighted by molar-refractivity contribution is 0.0249. The Morgan fingerprint density at radius 1 is 1.33 bits per heavy atom. The van der Waals surface area contributed by atoms with Crippen LogP contribution in [0.15, 0.2) is 0 Å². The van der Waals surface area contributed by atoms with Crippen molar-refractivity contribution >= 4 is 0 Å². The maximum absolute atomic E-state index is 5.45. The van der Waals surface area contributed by atoms with E-state index < -0.39 is 0 Å². The summed E-state index contributed by atoms with van der Waals surface area (Å²) in [7, 11) is 1.85. The molecule has 0 aromatic carbocycles. The molecule has 2 unspecified atom stereocenters. The van der Waals surface area contributed by atoms with E-state index in [9.17, 15) is 0 Å². The molecule has 12 heavy (non-hydrogen) atoms. The minimum atomic E-state index is 0.560. The molecule has 2 heteroatoms. The molecule has 1 aliphatic heterocycles. The molecule has 3 atom stereocenters. The smallest absolute Gasteiger partial charge is 0.0627 e. The Balaban J connectivity index is 1.98. The molecule has 2 nitrogen and oxygen atoms in total. The summed E-state index contributed by atoms with van der Waals surface area (Å²) in [6.45, 7) is 5.85. The largest absolute Gasteiger partial charge is 0.381 e. The van der Waals surface area contributed by atoms with Gasteiger partial charge in [0, 0.05) is 25.7 Å². The van der Waals surface area contributed by atoms with E-state index in [2.05, 4.69) is 18.7 Å². The molecule has 0 aromatic heterocycles. The second kappa shape index (κ2) is 3.00. The second-order valence-electron chi connectivity index (χ2n) is 4.45. The number of likely N-dealkylation sites (tertiary alicyclic amines) is 1. The van der Waals surface area contributed by atoms with E-state index in [0.29, 0.717) is 6.10 Å². The van der Waals surface area contributed by atoms with Gasteiger partial charge in [-0.05, 0) is 32.6 Å². The van der Waals surface area contributed by atoms with Crippen LogP contribution < -0.4 is 0 Å². The normalized spacial score (nSPS) is 41.5. The summed E-state index contributed by atoms with van der Waals surface area (Å²) in [5.41, 5.74) is 0. The molecular formula is C10H19NO. The third-order valence-corrected chi connectivity index (χ3v) is 3.49. The number of fused-ring (bicyclic) bond motifs is 2. The van der Waals surface area contributed by atoms with Crippen LogP contribution >= 0.6 is 0 Å². The molecule has 2 aliphatic rings. The first-order valence-corrected chi connectivity index (χ1v) is 5.01. The number of methoxy groups -OCH3 is 1. The quantitative estimate of drug-likeness (QED) is 0.621. The minimum absolute atomic E-state index is 0.560. The van der Waals surface area contributed by atoms with Gasteiger partial charge in [0.15, 0.2) is 0 Å². The molecule has 2 bridgehead atoms. The summed E-state index contributed by atoms with van der Waals surface area (Å²) < 4.78 is 5.45. The van der Waals surface area contributed by atoms with Crippen LogP contribution in [-0.2, 0) is 4.74 Å². The highest BCUT2D eigenvalue weighted by Crippen LogP contribution is 2.39. The van der Waals surface area contributed by atoms with Crippen molar-refractivity contribution in [2.45, 2.75) is 44.9 Å². The minimum Gasteiger partial charge on any atom is -0.381 e. The van der Waals surface area contributed by atoms with Gasteiger partial charge in [-0.15, -0.1) is 0 Å². The van der Waals surface area contributed by atoms with Gasteiger partial charge < -0.3 is 4.74 Å². The first-order chi connectivity index (χ1) is 5.72. The van der Waals surface area contributed by atoms with Crippen molar-refractivity contribution in [2.75, 3.05) is 13.7 Å². The number of rotatable bonds is 2. The molecule has 1 saturated heterocycles. The summed E-state index contributed by atoms with van der Waals surface area (Å²) in [6, 6.07) is 1.54. The van der Waals surface area contributed by atoms with Gasteiger partial charge in [0.1, 0.15) is 0 Å². The fourth-order valence-corrected chi connectivity index (χ4v) is 2.86. The Kier molecular flexibility index (Phi) is 2.13. The predicted octanol–water partition coefficient (Wildman–Crippen LogP) is 1.50. The summed E-state index contributed by atoms with van der Waals surface area (Å²) in [5.74, 6) is 0.822. The van der Waals surface area contributed by atoms with E-state index in [4.69, 9.17) is 4.74 Å². The monoisotopic (exact) mass is 169 g/mol. The highest BCUT2D eigenvalue weighted by Gasteiger charge is 2.45. The molecular weight excluding hydrogens is 150 g/mol. The summed E-state index contributed by atoms with van der Waals surface area (Å²) in [4.78, 5) is 2.63. The molecule has 0 radical (unpaired) electrons. The van der Waals surface area contributed by atoms with Crippen molar-refractivity contribution in [3.8, 4) is 0 Å². The van der Waals surface area contributed by atoms with Crippen molar-refractivity contribution < 1.29 is 4.74 Å². The Labute approximate surface area is 74.9 Å². The molecule has 2 rings (SSSR count). The van der Waals surface area contributed by atoms with Crippen molar-refractivity contribution in [2.24, 2.45) is 5.92 Å². The average molecular weight is 169 g/mol. The Bertz CT molecular complexity index is 169. The fourth-order valence-electron chi connectivity index (χ4n) is 2.86. The van der Waals surface area contributed by atoms with E-state index >= 15 is 0 Å². The summed E-state index contributed by atoms with van der Waals surface area (Å²) in [5, 5.41) is 0. The summed E-state index contributed by atoms with van der Waals surface area (Å²) in [6.07, 6.45) is 3.20. The molecule has 1 heterocycles. The van der Waals surface area contributed by atoms with Gasteiger partial charge >= 0.3 is 0 Å². The van der Waals surface area contributed by atoms with Gasteiger partial charge in [-0.2, -0.15) is 0 Å². The molecule has 0 spiro atoms. The number of nitrogens with zero attached hydrogens (tertiary/aromatic N) is 1. The number of hydrogen-bond acceptors (Lipinski definition) is 2. The third-order valence-electron chi connectivity index (χ3n) is 3.49. The van der Waals surface area contributed by atoms with Crippen LogP contribution in [-0.4, -0.2) is 36.7 Å². The van der Waals surface area contributed by atoms with Crippen LogP contribution in [0.3, 0.4) is 0 Å². The SMILES string of the molecule is CO[C@H]1CC2CC1CN2C(C)C.